The average molecular weight is 387 g/mol. The van der Waals surface area contributed by atoms with Gasteiger partial charge in [0.25, 0.3) is 5.91 Å². The van der Waals surface area contributed by atoms with Crippen molar-refractivity contribution >= 4 is 23.2 Å². The van der Waals surface area contributed by atoms with Crippen molar-refractivity contribution in [3.63, 3.8) is 0 Å². The summed E-state index contributed by atoms with van der Waals surface area (Å²) in [5.74, 6) is 0.789. The average Bonchev–Trinajstić information content (AvgIpc) is 3.06. The molecule has 27 heavy (non-hydrogen) atoms. The lowest BCUT2D eigenvalue weighted by Crippen LogP contribution is -2.43. The zero-order valence-electron chi connectivity index (χ0n) is 16.4. The summed E-state index contributed by atoms with van der Waals surface area (Å²) < 4.78 is 0. The standard InChI is InChI=1S/C21H30N4OS/c1-4-22-21(25-16(2)15-19-12-11-17(3)27-19)24-14-8-13-23-20(26)18-9-6-5-7-10-18/h5-7,9-12,16H,4,8,13-15H2,1-3H3,(H,23,26)(H2,22,24,25). The molecule has 0 saturated carbocycles. The third-order valence-electron chi connectivity index (χ3n) is 3.96. The highest BCUT2D eigenvalue weighted by Crippen LogP contribution is 2.16. The number of aliphatic imine (C=N–C) groups is 1. The Bertz CT molecular complexity index is 727. The number of hydrogen-bond acceptors (Lipinski definition) is 3. The molecule has 0 aliphatic carbocycles. The first-order valence-corrected chi connectivity index (χ1v) is 10.3. The second kappa shape index (κ2) is 11.4. The molecule has 1 heterocycles. The molecule has 2 rings (SSSR count). The van der Waals surface area contributed by atoms with Crippen LogP contribution in [-0.2, 0) is 6.42 Å². The molecule has 0 radical (unpaired) electrons. The third kappa shape index (κ3) is 7.83. The van der Waals surface area contributed by atoms with Crippen molar-refractivity contribution in [2.75, 3.05) is 19.6 Å². The first-order valence-electron chi connectivity index (χ1n) is 9.52. The van der Waals surface area contributed by atoms with E-state index in [1.165, 1.54) is 9.75 Å². The number of amides is 1. The lowest BCUT2D eigenvalue weighted by atomic mass is 10.2. The molecule has 1 atom stereocenters. The van der Waals surface area contributed by atoms with Gasteiger partial charge in [-0.15, -0.1) is 11.3 Å². The number of guanidine groups is 1. The van der Waals surface area contributed by atoms with E-state index in [0.29, 0.717) is 24.7 Å². The molecule has 0 spiro atoms. The molecule has 1 aromatic carbocycles. The number of nitrogens with zero attached hydrogens (tertiary/aromatic N) is 1. The summed E-state index contributed by atoms with van der Waals surface area (Å²) in [5.41, 5.74) is 0.689. The summed E-state index contributed by atoms with van der Waals surface area (Å²) in [6.45, 7) is 8.46. The molecule has 1 unspecified atom stereocenters. The van der Waals surface area contributed by atoms with E-state index in [9.17, 15) is 4.79 Å². The topological polar surface area (TPSA) is 65.5 Å². The second-order valence-electron chi connectivity index (χ2n) is 6.50. The predicted molar refractivity (Wildman–Crippen MR) is 115 cm³/mol. The Morgan fingerprint density at radius 3 is 2.59 bits per heavy atom. The molecule has 0 bridgehead atoms. The van der Waals surface area contributed by atoms with E-state index < -0.39 is 0 Å². The molecule has 0 aliphatic heterocycles. The summed E-state index contributed by atoms with van der Waals surface area (Å²) in [7, 11) is 0. The number of hydrogen-bond donors (Lipinski definition) is 3. The van der Waals surface area contributed by atoms with E-state index in [1.807, 2.05) is 41.7 Å². The number of rotatable bonds is 9. The van der Waals surface area contributed by atoms with E-state index in [2.05, 4.69) is 53.8 Å². The maximum atomic E-state index is 12.0. The molecule has 0 aliphatic rings. The smallest absolute Gasteiger partial charge is 0.251 e. The van der Waals surface area contributed by atoms with Crippen molar-refractivity contribution in [2.45, 2.75) is 39.7 Å². The Morgan fingerprint density at radius 1 is 1.15 bits per heavy atom. The summed E-state index contributed by atoms with van der Waals surface area (Å²) >= 11 is 1.84. The summed E-state index contributed by atoms with van der Waals surface area (Å²) in [6.07, 6.45) is 1.78. The lowest BCUT2D eigenvalue weighted by Gasteiger charge is -2.17. The van der Waals surface area contributed by atoms with Gasteiger partial charge in [0, 0.05) is 47.4 Å². The minimum absolute atomic E-state index is 0.0375. The molecular weight excluding hydrogens is 356 g/mol. The zero-order chi connectivity index (χ0) is 19.5. The summed E-state index contributed by atoms with van der Waals surface area (Å²) in [4.78, 5) is 19.3. The van der Waals surface area contributed by atoms with Gasteiger partial charge >= 0.3 is 0 Å². The highest BCUT2D eigenvalue weighted by Gasteiger charge is 2.08. The van der Waals surface area contributed by atoms with Gasteiger partial charge in [-0.05, 0) is 51.5 Å². The van der Waals surface area contributed by atoms with E-state index in [0.717, 1.165) is 25.3 Å². The molecular formula is C21H30N4OS. The predicted octanol–water partition coefficient (Wildman–Crippen LogP) is 3.36. The van der Waals surface area contributed by atoms with Crippen LogP contribution in [0.4, 0.5) is 0 Å². The summed E-state index contributed by atoms with van der Waals surface area (Å²) in [6, 6.07) is 13.9. The van der Waals surface area contributed by atoms with Crippen LogP contribution in [0.3, 0.4) is 0 Å². The fourth-order valence-electron chi connectivity index (χ4n) is 2.66. The first kappa shape index (κ1) is 21.0. The lowest BCUT2D eigenvalue weighted by molar-refractivity contribution is 0.0953. The fourth-order valence-corrected chi connectivity index (χ4v) is 3.68. The monoisotopic (exact) mass is 386 g/mol. The molecule has 2 aromatic rings. The Balaban J connectivity index is 1.73. The maximum Gasteiger partial charge on any atom is 0.251 e. The Morgan fingerprint density at radius 2 is 1.93 bits per heavy atom. The maximum absolute atomic E-state index is 12.0. The highest BCUT2D eigenvalue weighted by atomic mass is 32.1. The van der Waals surface area contributed by atoms with Crippen LogP contribution in [-0.4, -0.2) is 37.5 Å². The van der Waals surface area contributed by atoms with Gasteiger partial charge in [0.2, 0.25) is 0 Å². The first-order chi connectivity index (χ1) is 13.1. The zero-order valence-corrected chi connectivity index (χ0v) is 17.2. The van der Waals surface area contributed by atoms with Crippen molar-refractivity contribution in [3.05, 3.63) is 57.8 Å². The number of carbonyl (C=O) groups excluding carboxylic acids is 1. The van der Waals surface area contributed by atoms with E-state index >= 15 is 0 Å². The van der Waals surface area contributed by atoms with Gasteiger partial charge in [0.1, 0.15) is 0 Å². The molecule has 1 aromatic heterocycles. The number of carbonyl (C=O) groups is 1. The van der Waals surface area contributed by atoms with Crippen LogP contribution in [0.5, 0.6) is 0 Å². The van der Waals surface area contributed by atoms with Crippen molar-refractivity contribution in [3.8, 4) is 0 Å². The number of nitrogens with one attached hydrogen (secondary N) is 3. The van der Waals surface area contributed by atoms with Crippen LogP contribution in [0.25, 0.3) is 0 Å². The number of aryl methyl sites for hydroxylation is 1. The largest absolute Gasteiger partial charge is 0.357 e. The number of thiophene rings is 1. The van der Waals surface area contributed by atoms with Crippen molar-refractivity contribution in [1.29, 1.82) is 0 Å². The molecule has 1 amide bonds. The van der Waals surface area contributed by atoms with Gasteiger partial charge in [-0.2, -0.15) is 0 Å². The Labute approximate surface area is 166 Å². The van der Waals surface area contributed by atoms with Crippen molar-refractivity contribution in [1.82, 2.24) is 16.0 Å². The molecule has 6 heteroatoms. The van der Waals surface area contributed by atoms with Gasteiger partial charge < -0.3 is 16.0 Å². The Hall–Kier alpha value is -2.34. The second-order valence-corrected chi connectivity index (χ2v) is 7.87. The minimum atomic E-state index is -0.0375. The van der Waals surface area contributed by atoms with Gasteiger partial charge in [-0.1, -0.05) is 18.2 Å². The van der Waals surface area contributed by atoms with Gasteiger partial charge in [0.05, 0.1) is 0 Å². The molecule has 0 saturated heterocycles. The number of benzene rings is 1. The SMILES string of the molecule is CCNC(=NCCCNC(=O)c1ccccc1)NC(C)Cc1ccc(C)s1. The Kier molecular flexibility index (Phi) is 8.84. The van der Waals surface area contributed by atoms with Crippen molar-refractivity contribution < 1.29 is 4.79 Å². The van der Waals surface area contributed by atoms with E-state index in [1.54, 1.807) is 0 Å². The molecule has 5 nitrogen and oxygen atoms in total. The van der Waals surface area contributed by atoms with Crippen LogP contribution < -0.4 is 16.0 Å². The third-order valence-corrected chi connectivity index (χ3v) is 4.98. The normalized spacial score (nSPS) is 12.5. The van der Waals surface area contributed by atoms with Gasteiger partial charge in [-0.25, -0.2) is 0 Å². The van der Waals surface area contributed by atoms with Crippen LogP contribution in [0.15, 0.2) is 47.5 Å². The van der Waals surface area contributed by atoms with Crippen LogP contribution in [0.2, 0.25) is 0 Å². The molecule has 146 valence electrons. The van der Waals surface area contributed by atoms with Gasteiger partial charge in [0.15, 0.2) is 5.96 Å². The van der Waals surface area contributed by atoms with E-state index in [-0.39, 0.29) is 5.91 Å². The minimum Gasteiger partial charge on any atom is -0.357 e. The van der Waals surface area contributed by atoms with Gasteiger partial charge in [-0.3, -0.25) is 9.79 Å². The fraction of sp³-hybridized carbons (Fsp3) is 0.429. The summed E-state index contributed by atoms with van der Waals surface area (Å²) in [5, 5.41) is 9.68. The highest BCUT2D eigenvalue weighted by molar-refractivity contribution is 7.11. The van der Waals surface area contributed by atoms with Crippen LogP contribution in [0, 0.1) is 6.92 Å². The van der Waals surface area contributed by atoms with Crippen molar-refractivity contribution in [2.24, 2.45) is 4.99 Å². The molecule has 3 N–H and O–H groups in total. The van der Waals surface area contributed by atoms with Crippen LogP contribution >= 0.6 is 11.3 Å². The van der Waals surface area contributed by atoms with E-state index in [4.69, 9.17) is 0 Å². The van der Waals surface area contributed by atoms with Crippen LogP contribution in [0.1, 0.15) is 40.4 Å². The molecule has 0 fully saturated rings. The quantitative estimate of drug-likeness (QED) is 0.352.